The maximum Gasteiger partial charge on any atom is 0.254 e. The zero-order valence-corrected chi connectivity index (χ0v) is 17.2. The molecule has 4 heteroatoms. The minimum absolute atomic E-state index is 0.124. The van der Waals surface area contributed by atoms with Crippen molar-refractivity contribution < 1.29 is 4.79 Å². The van der Waals surface area contributed by atoms with E-state index in [4.69, 9.17) is 0 Å². The van der Waals surface area contributed by atoms with Gasteiger partial charge in [0.2, 0.25) is 0 Å². The number of carbonyl (C=O) groups is 1. The van der Waals surface area contributed by atoms with Gasteiger partial charge in [0.15, 0.2) is 0 Å². The second-order valence-corrected chi connectivity index (χ2v) is 8.12. The summed E-state index contributed by atoms with van der Waals surface area (Å²) in [7, 11) is 0. The minimum Gasteiger partial charge on any atom is -0.334 e. The first-order valence-electron chi connectivity index (χ1n) is 9.94. The molecule has 1 aliphatic rings. The Morgan fingerprint density at radius 1 is 1.15 bits per heavy atom. The monoisotopic (exact) mass is 382 g/mol. The van der Waals surface area contributed by atoms with Gasteiger partial charge in [0.25, 0.3) is 5.91 Å². The van der Waals surface area contributed by atoms with Gasteiger partial charge in [-0.25, -0.2) is 0 Å². The third-order valence-electron chi connectivity index (χ3n) is 5.24. The zero-order valence-electron chi connectivity index (χ0n) is 16.4. The summed E-state index contributed by atoms with van der Waals surface area (Å²) in [5.41, 5.74) is 3.31. The second-order valence-electron chi connectivity index (χ2n) is 7.24. The molecule has 2 aromatic carbocycles. The van der Waals surface area contributed by atoms with Gasteiger partial charge in [0, 0.05) is 30.1 Å². The smallest absolute Gasteiger partial charge is 0.254 e. The molecule has 3 rings (SSSR count). The van der Waals surface area contributed by atoms with Gasteiger partial charge in [-0.3, -0.25) is 4.79 Å². The van der Waals surface area contributed by atoms with Crippen LogP contribution in [0.5, 0.6) is 0 Å². The number of hydrogen-bond acceptors (Lipinski definition) is 3. The highest BCUT2D eigenvalue weighted by molar-refractivity contribution is 7.98. The predicted molar refractivity (Wildman–Crippen MR) is 115 cm³/mol. The van der Waals surface area contributed by atoms with Crippen molar-refractivity contribution in [2.75, 3.05) is 25.9 Å². The molecule has 0 saturated carbocycles. The lowest BCUT2D eigenvalue weighted by atomic mass is 9.91. The number of hydrogen-bond donors (Lipinski definition) is 1. The summed E-state index contributed by atoms with van der Waals surface area (Å²) in [4.78, 5) is 16.3. The van der Waals surface area contributed by atoms with E-state index >= 15 is 0 Å². The lowest BCUT2D eigenvalue weighted by molar-refractivity contribution is 0.0743. The van der Waals surface area contributed by atoms with E-state index in [-0.39, 0.29) is 5.91 Å². The SMILES string of the molecule is CCCN(Cc1ccc(SC)cc1)C(=O)c1ccc([C@H]2CCCNC2)cc1. The van der Waals surface area contributed by atoms with E-state index in [0.29, 0.717) is 12.5 Å². The third-order valence-corrected chi connectivity index (χ3v) is 5.98. The molecule has 0 bridgehead atoms. The largest absolute Gasteiger partial charge is 0.334 e. The molecule has 27 heavy (non-hydrogen) atoms. The van der Waals surface area contributed by atoms with Crippen LogP contribution in [0, 0.1) is 0 Å². The molecular formula is C23H30N2OS. The Bertz CT molecular complexity index is 721. The summed E-state index contributed by atoms with van der Waals surface area (Å²) in [6, 6.07) is 16.8. The molecule has 1 atom stereocenters. The van der Waals surface area contributed by atoms with Crippen LogP contribution in [0.2, 0.25) is 0 Å². The van der Waals surface area contributed by atoms with Gasteiger partial charge in [-0.1, -0.05) is 31.2 Å². The van der Waals surface area contributed by atoms with Gasteiger partial charge in [-0.15, -0.1) is 11.8 Å². The quantitative estimate of drug-likeness (QED) is 0.689. The van der Waals surface area contributed by atoms with E-state index in [9.17, 15) is 4.79 Å². The first-order chi connectivity index (χ1) is 13.2. The Hall–Kier alpha value is -1.78. The normalized spacial score (nSPS) is 16.9. The first kappa shape index (κ1) is 20.0. The molecule has 0 aromatic heterocycles. The molecule has 1 N–H and O–H groups in total. The third kappa shape index (κ3) is 5.36. The summed E-state index contributed by atoms with van der Waals surface area (Å²) in [6.45, 7) is 5.72. The van der Waals surface area contributed by atoms with Crippen molar-refractivity contribution in [3.63, 3.8) is 0 Å². The Balaban J connectivity index is 1.69. The number of piperidine rings is 1. The van der Waals surface area contributed by atoms with Gasteiger partial charge >= 0.3 is 0 Å². The summed E-state index contributed by atoms with van der Waals surface area (Å²) >= 11 is 1.74. The molecule has 1 aliphatic heterocycles. The second kappa shape index (κ2) is 9.95. The summed E-state index contributed by atoms with van der Waals surface area (Å²) in [5.74, 6) is 0.698. The van der Waals surface area contributed by atoms with E-state index in [1.165, 1.54) is 28.9 Å². The van der Waals surface area contributed by atoms with Crippen LogP contribution in [-0.4, -0.2) is 36.7 Å². The molecular weight excluding hydrogens is 352 g/mol. The Morgan fingerprint density at radius 3 is 2.48 bits per heavy atom. The molecule has 0 unspecified atom stereocenters. The van der Waals surface area contributed by atoms with Crippen molar-refractivity contribution >= 4 is 17.7 Å². The number of benzene rings is 2. The van der Waals surface area contributed by atoms with Crippen LogP contribution >= 0.6 is 11.8 Å². The number of nitrogens with one attached hydrogen (secondary N) is 1. The Kier molecular flexibility index (Phi) is 7.36. The number of nitrogens with zero attached hydrogens (tertiary/aromatic N) is 1. The molecule has 1 amide bonds. The lowest BCUT2D eigenvalue weighted by Gasteiger charge is -2.24. The van der Waals surface area contributed by atoms with Crippen LogP contribution in [0.1, 0.15) is 53.6 Å². The van der Waals surface area contributed by atoms with E-state index in [1.807, 2.05) is 17.0 Å². The van der Waals surface area contributed by atoms with Crippen molar-refractivity contribution in [2.24, 2.45) is 0 Å². The molecule has 1 fully saturated rings. The van der Waals surface area contributed by atoms with Gasteiger partial charge in [0.05, 0.1) is 0 Å². The Morgan fingerprint density at radius 2 is 1.89 bits per heavy atom. The molecule has 144 valence electrons. The number of thioether (sulfide) groups is 1. The van der Waals surface area contributed by atoms with Crippen molar-refractivity contribution in [2.45, 2.75) is 43.5 Å². The number of rotatable bonds is 7. The average Bonchev–Trinajstić information content (AvgIpc) is 2.74. The summed E-state index contributed by atoms with van der Waals surface area (Å²) in [6.07, 6.45) is 5.49. The highest BCUT2D eigenvalue weighted by atomic mass is 32.2. The van der Waals surface area contributed by atoms with Crippen LogP contribution in [-0.2, 0) is 6.54 Å². The minimum atomic E-state index is 0.124. The van der Waals surface area contributed by atoms with E-state index in [1.54, 1.807) is 11.8 Å². The van der Waals surface area contributed by atoms with Crippen LogP contribution in [0.25, 0.3) is 0 Å². The van der Waals surface area contributed by atoms with Crippen LogP contribution in [0.15, 0.2) is 53.4 Å². The van der Waals surface area contributed by atoms with Crippen molar-refractivity contribution in [3.05, 3.63) is 65.2 Å². The van der Waals surface area contributed by atoms with E-state index < -0.39 is 0 Å². The topological polar surface area (TPSA) is 32.3 Å². The average molecular weight is 383 g/mol. The van der Waals surface area contributed by atoms with Gasteiger partial charge in [-0.2, -0.15) is 0 Å². The fourth-order valence-electron chi connectivity index (χ4n) is 3.69. The molecule has 3 nitrogen and oxygen atoms in total. The summed E-state index contributed by atoms with van der Waals surface area (Å²) < 4.78 is 0. The van der Waals surface area contributed by atoms with Gasteiger partial charge in [0.1, 0.15) is 0 Å². The highest BCUT2D eigenvalue weighted by Gasteiger charge is 2.18. The van der Waals surface area contributed by atoms with Crippen LogP contribution in [0.4, 0.5) is 0 Å². The maximum absolute atomic E-state index is 13.1. The fourth-order valence-corrected chi connectivity index (χ4v) is 4.10. The van der Waals surface area contributed by atoms with Crippen molar-refractivity contribution in [1.29, 1.82) is 0 Å². The van der Waals surface area contributed by atoms with E-state index in [0.717, 1.165) is 31.6 Å². The maximum atomic E-state index is 13.1. The number of amides is 1. The molecule has 2 aromatic rings. The first-order valence-corrected chi connectivity index (χ1v) is 11.2. The molecule has 0 aliphatic carbocycles. The van der Waals surface area contributed by atoms with E-state index in [2.05, 4.69) is 54.9 Å². The standard InChI is InChI=1S/C23H30N2OS/c1-3-15-25(17-18-6-12-22(27-2)13-7-18)23(26)20-10-8-19(9-11-20)21-5-4-14-24-16-21/h6-13,21,24H,3-5,14-17H2,1-2H3/t21-/m0/s1. The lowest BCUT2D eigenvalue weighted by Crippen LogP contribution is -2.31. The van der Waals surface area contributed by atoms with Crippen molar-refractivity contribution in [1.82, 2.24) is 10.2 Å². The molecule has 0 spiro atoms. The van der Waals surface area contributed by atoms with Gasteiger partial charge < -0.3 is 10.2 Å². The predicted octanol–water partition coefficient (Wildman–Crippen LogP) is 4.93. The Labute approximate surface area is 167 Å². The summed E-state index contributed by atoms with van der Waals surface area (Å²) in [5, 5.41) is 3.46. The van der Waals surface area contributed by atoms with Gasteiger partial charge in [-0.05, 0) is 73.4 Å². The zero-order chi connectivity index (χ0) is 19.1. The number of carbonyl (C=O) groups excluding carboxylic acids is 1. The van der Waals surface area contributed by atoms with Crippen molar-refractivity contribution in [3.8, 4) is 0 Å². The van der Waals surface area contributed by atoms with Crippen LogP contribution in [0.3, 0.4) is 0 Å². The van der Waals surface area contributed by atoms with Crippen LogP contribution < -0.4 is 5.32 Å². The molecule has 1 heterocycles. The molecule has 1 saturated heterocycles. The highest BCUT2D eigenvalue weighted by Crippen LogP contribution is 2.24. The fraction of sp³-hybridized carbons (Fsp3) is 0.435. The molecule has 0 radical (unpaired) electrons.